The Hall–Kier alpha value is -3.99. The molecule has 0 unspecified atom stereocenters. The van der Waals surface area contributed by atoms with Crippen molar-refractivity contribution < 1.29 is 31.9 Å². The van der Waals surface area contributed by atoms with Gasteiger partial charge in [-0.15, -0.1) is 0 Å². The van der Waals surface area contributed by atoms with Crippen LogP contribution in [-0.2, 0) is 26.6 Å². The molecule has 32 heavy (non-hydrogen) atoms. The number of imide groups is 1. The molecule has 0 saturated heterocycles. The number of anilines is 1. The SMILES string of the molecule is Cn1cccc1C(=O)NC(=O)COC(=O)c1ccccc1NS(=O)(=O)c1ccc(F)cc1. The second-order valence-electron chi connectivity index (χ2n) is 6.56. The molecule has 1 aromatic heterocycles. The smallest absolute Gasteiger partial charge is 0.340 e. The van der Waals surface area contributed by atoms with Crippen LogP contribution in [0.2, 0.25) is 0 Å². The molecule has 0 spiro atoms. The average Bonchev–Trinajstić information content (AvgIpc) is 3.18. The van der Waals surface area contributed by atoms with Gasteiger partial charge in [-0.05, 0) is 48.5 Å². The fourth-order valence-electron chi connectivity index (χ4n) is 2.70. The van der Waals surface area contributed by atoms with Crippen LogP contribution in [0, 0.1) is 5.82 Å². The van der Waals surface area contributed by atoms with Gasteiger partial charge in [-0.25, -0.2) is 17.6 Å². The molecule has 166 valence electrons. The van der Waals surface area contributed by atoms with Crippen LogP contribution in [0.25, 0.3) is 0 Å². The molecule has 0 aliphatic carbocycles. The lowest BCUT2D eigenvalue weighted by molar-refractivity contribution is -0.123. The number of para-hydroxylation sites is 1. The maximum atomic E-state index is 13.1. The van der Waals surface area contributed by atoms with Crippen LogP contribution in [0.1, 0.15) is 20.8 Å². The first kappa shape index (κ1) is 22.7. The summed E-state index contributed by atoms with van der Waals surface area (Å²) < 4.78 is 46.8. The highest BCUT2D eigenvalue weighted by molar-refractivity contribution is 7.92. The minimum atomic E-state index is -4.11. The van der Waals surface area contributed by atoms with Crippen LogP contribution in [-0.4, -0.2) is 37.4 Å². The Morgan fingerprint density at radius 2 is 1.69 bits per heavy atom. The van der Waals surface area contributed by atoms with E-state index in [0.29, 0.717) is 0 Å². The molecule has 0 saturated carbocycles. The number of ether oxygens (including phenoxy) is 1. The van der Waals surface area contributed by atoms with Gasteiger partial charge >= 0.3 is 5.97 Å². The topological polar surface area (TPSA) is 124 Å². The van der Waals surface area contributed by atoms with Gasteiger partial charge in [0, 0.05) is 13.2 Å². The van der Waals surface area contributed by atoms with E-state index >= 15 is 0 Å². The molecule has 0 aliphatic heterocycles. The first-order valence-corrected chi connectivity index (χ1v) is 10.7. The average molecular weight is 459 g/mol. The van der Waals surface area contributed by atoms with Gasteiger partial charge in [-0.1, -0.05) is 12.1 Å². The molecule has 3 aromatic rings. The third-order valence-electron chi connectivity index (χ3n) is 4.28. The lowest BCUT2D eigenvalue weighted by Crippen LogP contribution is -2.35. The molecule has 3 rings (SSSR count). The summed E-state index contributed by atoms with van der Waals surface area (Å²) in [6, 6.07) is 12.9. The summed E-state index contributed by atoms with van der Waals surface area (Å²) in [5.41, 5.74) is -0.00732. The molecule has 9 nitrogen and oxygen atoms in total. The zero-order chi connectivity index (χ0) is 23.3. The van der Waals surface area contributed by atoms with E-state index in [9.17, 15) is 27.2 Å². The normalized spacial score (nSPS) is 10.9. The molecule has 2 aromatic carbocycles. The molecule has 0 aliphatic rings. The van der Waals surface area contributed by atoms with E-state index < -0.39 is 40.2 Å². The van der Waals surface area contributed by atoms with E-state index in [1.54, 1.807) is 19.3 Å². The molecule has 0 bridgehead atoms. The number of amides is 2. The lowest BCUT2D eigenvalue weighted by Gasteiger charge is -2.12. The highest BCUT2D eigenvalue weighted by Crippen LogP contribution is 2.21. The highest BCUT2D eigenvalue weighted by atomic mass is 32.2. The Kier molecular flexibility index (Phi) is 6.69. The number of nitrogens with zero attached hydrogens (tertiary/aromatic N) is 1. The molecule has 1 heterocycles. The number of aromatic nitrogens is 1. The number of carbonyl (C=O) groups excluding carboxylic acids is 3. The molecular weight excluding hydrogens is 441 g/mol. The molecule has 2 amide bonds. The van der Waals surface area contributed by atoms with Crippen molar-refractivity contribution in [1.29, 1.82) is 0 Å². The molecule has 2 N–H and O–H groups in total. The van der Waals surface area contributed by atoms with Gasteiger partial charge in [0.25, 0.3) is 21.8 Å². The van der Waals surface area contributed by atoms with Crippen molar-refractivity contribution >= 4 is 33.5 Å². The molecule has 0 radical (unpaired) electrons. The summed E-state index contributed by atoms with van der Waals surface area (Å²) in [5.74, 6) is -3.10. The lowest BCUT2D eigenvalue weighted by atomic mass is 10.2. The van der Waals surface area contributed by atoms with Crippen LogP contribution in [0.4, 0.5) is 10.1 Å². The van der Waals surface area contributed by atoms with Crippen molar-refractivity contribution in [3.63, 3.8) is 0 Å². The summed E-state index contributed by atoms with van der Waals surface area (Å²) in [4.78, 5) is 36.2. The number of esters is 1. The van der Waals surface area contributed by atoms with Crippen molar-refractivity contribution in [2.24, 2.45) is 7.05 Å². The van der Waals surface area contributed by atoms with Gasteiger partial charge in [0.1, 0.15) is 11.5 Å². The van der Waals surface area contributed by atoms with E-state index in [2.05, 4.69) is 10.0 Å². The van der Waals surface area contributed by atoms with Crippen LogP contribution in [0.3, 0.4) is 0 Å². The standard InChI is InChI=1S/C21H18FN3O6S/c1-25-12-4-7-18(25)20(27)23-19(26)13-31-21(28)16-5-2-3-6-17(16)24-32(29,30)15-10-8-14(22)9-11-15/h2-12,24H,13H2,1H3,(H,23,26,27). The maximum Gasteiger partial charge on any atom is 0.340 e. The molecule has 0 fully saturated rings. The number of sulfonamides is 1. The van der Waals surface area contributed by atoms with Crippen molar-refractivity contribution in [3.8, 4) is 0 Å². The van der Waals surface area contributed by atoms with Crippen LogP contribution in [0.15, 0.2) is 71.8 Å². The fraction of sp³-hybridized carbons (Fsp3) is 0.0952. The quantitative estimate of drug-likeness (QED) is 0.522. The Bertz CT molecular complexity index is 1270. The second-order valence-corrected chi connectivity index (χ2v) is 8.25. The zero-order valence-electron chi connectivity index (χ0n) is 16.7. The van der Waals surface area contributed by atoms with Crippen molar-refractivity contribution in [2.45, 2.75) is 4.90 Å². The highest BCUT2D eigenvalue weighted by Gasteiger charge is 2.21. The predicted octanol–water partition coefficient (Wildman–Crippen LogP) is 2.08. The fourth-order valence-corrected chi connectivity index (χ4v) is 3.78. The van der Waals surface area contributed by atoms with E-state index in [-0.39, 0.29) is 21.8 Å². The Morgan fingerprint density at radius 1 is 1.00 bits per heavy atom. The summed E-state index contributed by atoms with van der Waals surface area (Å²) in [6.45, 7) is -0.756. The monoisotopic (exact) mass is 459 g/mol. The second kappa shape index (κ2) is 9.43. The summed E-state index contributed by atoms with van der Waals surface area (Å²) >= 11 is 0. The summed E-state index contributed by atoms with van der Waals surface area (Å²) in [7, 11) is -2.48. The largest absolute Gasteiger partial charge is 0.452 e. The van der Waals surface area contributed by atoms with Crippen LogP contribution in [0.5, 0.6) is 0 Å². The number of rotatable bonds is 7. The van der Waals surface area contributed by atoms with Crippen molar-refractivity contribution in [1.82, 2.24) is 9.88 Å². The number of nitrogens with one attached hydrogen (secondary N) is 2. The number of hydrogen-bond donors (Lipinski definition) is 2. The van der Waals surface area contributed by atoms with Gasteiger partial charge in [-0.3, -0.25) is 19.6 Å². The Balaban J connectivity index is 1.66. The third-order valence-corrected chi connectivity index (χ3v) is 5.66. The van der Waals surface area contributed by atoms with Gasteiger partial charge in [0.15, 0.2) is 6.61 Å². The Labute approximate surface area is 182 Å². The number of hydrogen-bond acceptors (Lipinski definition) is 6. The summed E-state index contributed by atoms with van der Waals surface area (Å²) in [5, 5.41) is 2.09. The number of benzene rings is 2. The Morgan fingerprint density at radius 3 is 2.34 bits per heavy atom. The number of halogens is 1. The van der Waals surface area contributed by atoms with E-state index in [0.717, 1.165) is 24.3 Å². The maximum absolute atomic E-state index is 13.1. The minimum absolute atomic E-state index is 0.0953. The number of carbonyl (C=O) groups is 3. The van der Waals surface area contributed by atoms with Crippen molar-refractivity contribution in [2.75, 3.05) is 11.3 Å². The molecule has 0 atom stereocenters. The third kappa shape index (κ3) is 5.38. The van der Waals surface area contributed by atoms with E-state index in [1.807, 2.05) is 0 Å². The van der Waals surface area contributed by atoms with E-state index in [1.165, 1.54) is 34.9 Å². The number of aryl methyl sites for hydroxylation is 1. The molecular formula is C21H18FN3O6S. The first-order valence-electron chi connectivity index (χ1n) is 9.17. The van der Waals surface area contributed by atoms with Crippen LogP contribution < -0.4 is 10.0 Å². The van der Waals surface area contributed by atoms with Gasteiger partial charge in [0.05, 0.1) is 16.1 Å². The predicted molar refractivity (Wildman–Crippen MR) is 112 cm³/mol. The zero-order valence-corrected chi connectivity index (χ0v) is 17.6. The van der Waals surface area contributed by atoms with Gasteiger partial charge < -0.3 is 9.30 Å². The first-order chi connectivity index (χ1) is 15.2. The van der Waals surface area contributed by atoms with Gasteiger partial charge in [0.2, 0.25) is 0 Å². The van der Waals surface area contributed by atoms with Crippen molar-refractivity contribution in [3.05, 3.63) is 83.9 Å². The molecule has 11 heteroatoms. The summed E-state index contributed by atoms with van der Waals surface area (Å²) in [6.07, 6.45) is 1.63. The van der Waals surface area contributed by atoms with Crippen LogP contribution >= 0.6 is 0 Å². The van der Waals surface area contributed by atoms with Gasteiger partial charge in [-0.2, -0.15) is 0 Å². The minimum Gasteiger partial charge on any atom is -0.452 e. The van der Waals surface area contributed by atoms with E-state index in [4.69, 9.17) is 4.74 Å².